The molecule has 84 valence electrons. The maximum absolute atomic E-state index is 6.74. The third-order valence-corrected chi connectivity index (χ3v) is 13.7. The lowest BCUT2D eigenvalue weighted by Crippen LogP contribution is -2.45. The first-order valence-electron chi connectivity index (χ1n) is 5.59. The van der Waals surface area contributed by atoms with E-state index in [1.807, 2.05) is 0 Å². The molecule has 0 nitrogen and oxygen atoms in total. The van der Waals surface area contributed by atoms with E-state index in [1.165, 1.54) is 32.1 Å². The fraction of sp³-hybridized carbons (Fsp3) is 1.00. The zero-order chi connectivity index (χ0) is 11.0. The second-order valence-electron chi connectivity index (χ2n) is 5.95. The van der Waals surface area contributed by atoms with E-state index in [4.69, 9.17) is 22.2 Å². The van der Waals surface area contributed by atoms with Crippen LogP contribution < -0.4 is 0 Å². The molecule has 0 aromatic carbocycles. The molecule has 0 heterocycles. The van der Waals surface area contributed by atoms with E-state index in [9.17, 15) is 0 Å². The van der Waals surface area contributed by atoms with E-state index in [1.54, 1.807) is 0 Å². The minimum absolute atomic E-state index is 0.0855. The molecule has 14 heavy (non-hydrogen) atoms. The smallest absolute Gasteiger partial charge is 0.145 e. The van der Waals surface area contributed by atoms with Gasteiger partial charge >= 0.3 is 0 Å². The summed E-state index contributed by atoms with van der Waals surface area (Å²) in [6.07, 6.45) is 6.42. The lowest BCUT2D eigenvalue weighted by molar-refractivity contribution is 0.386. The van der Waals surface area contributed by atoms with Crippen LogP contribution in [-0.2, 0) is 0 Å². The van der Waals surface area contributed by atoms with E-state index in [2.05, 4.69) is 27.7 Å². The van der Waals surface area contributed by atoms with Gasteiger partial charge in [0.2, 0.25) is 0 Å². The van der Waals surface area contributed by atoms with Gasteiger partial charge in [-0.1, -0.05) is 47.0 Å². The minimum atomic E-state index is -2.18. The summed E-state index contributed by atoms with van der Waals surface area (Å²) >= 11 is 13.5. The highest BCUT2D eigenvalue weighted by molar-refractivity contribution is 7.47. The largest absolute Gasteiger partial charge is 0.262 e. The van der Waals surface area contributed by atoms with Gasteiger partial charge in [0, 0.05) is 0 Å². The molecular weight excluding hydrogens is 231 g/mol. The van der Waals surface area contributed by atoms with Gasteiger partial charge in [-0.15, -0.1) is 22.2 Å². The monoisotopic (exact) mass is 252 g/mol. The Morgan fingerprint density at radius 2 is 1.43 bits per heavy atom. The van der Waals surface area contributed by atoms with Gasteiger partial charge in [0.25, 0.3) is 6.69 Å². The molecule has 0 amide bonds. The van der Waals surface area contributed by atoms with Crippen molar-refractivity contribution in [2.45, 2.75) is 69.9 Å². The topological polar surface area (TPSA) is 0 Å². The van der Waals surface area contributed by atoms with E-state index in [-0.39, 0.29) is 10.1 Å². The van der Waals surface area contributed by atoms with Crippen molar-refractivity contribution >= 4 is 28.9 Å². The zero-order valence-corrected chi connectivity index (χ0v) is 12.3. The van der Waals surface area contributed by atoms with Crippen LogP contribution in [0.15, 0.2) is 0 Å². The minimum Gasteiger partial charge on any atom is -0.145 e. The average molecular weight is 253 g/mol. The van der Waals surface area contributed by atoms with Crippen LogP contribution in [0.4, 0.5) is 0 Å². The summed E-state index contributed by atoms with van der Waals surface area (Å²) in [4.78, 5) is 0. The van der Waals surface area contributed by atoms with Crippen LogP contribution in [0.5, 0.6) is 0 Å². The van der Waals surface area contributed by atoms with Crippen LogP contribution >= 0.6 is 22.2 Å². The number of hydrogen-bond acceptors (Lipinski definition) is 0. The Kier molecular flexibility index (Phi) is 3.67. The Hall–Kier alpha value is 0.797. The zero-order valence-electron chi connectivity index (χ0n) is 9.79. The van der Waals surface area contributed by atoms with E-state index >= 15 is 0 Å². The van der Waals surface area contributed by atoms with Crippen LogP contribution in [0, 0.1) is 0 Å². The molecule has 1 aliphatic carbocycles. The molecular formula is C11H22Cl2Si. The molecule has 1 rings (SSSR count). The Balaban J connectivity index is 2.89. The Morgan fingerprint density at radius 1 is 1.00 bits per heavy atom. The normalized spacial score (nSPS) is 23.6. The summed E-state index contributed by atoms with van der Waals surface area (Å²) in [6, 6.07) is 0. The van der Waals surface area contributed by atoms with E-state index < -0.39 is 6.69 Å². The van der Waals surface area contributed by atoms with Crippen molar-refractivity contribution in [3.63, 3.8) is 0 Å². The molecule has 0 aliphatic heterocycles. The first-order chi connectivity index (χ1) is 6.21. The molecule has 3 heteroatoms. The van der Waals surface area contributed by atoms with E-state index in [0.29, 0.717) is 0 Å². The van der Waals surface area contributed by atoms with Gasteiger partial charge in [0.15, 0.2) is 0 Å². The number of rotatable bonds is 1. The number of hydrogen-bond donors (Lipinski definition) is 0. The molecule has 0 bridgehead atoms. The van der Waals surface area contributed by atoms with Crippen LogP contribution in [0.25, 0.3) is 0 Å². The molecule has 0 spiro atoms. The SMILES string of the molecule is CC(C)(C)[Si](Cl)(Cl)C1(C)CCCCC1. The summed E-state index contributed by atoms with van der Waals surface area (Å²) in [5.41, 5.74) is 0. The third kappa shape index (κ3) is 2.15. The molecule has 1 aliphatic rings. The Morgan fingerprint density at radius 3 is 1.79 bits per heavy atom. The molecule has 1 fully saturated rings. The molecule has 0 N–H and O–H groups in total. The first-order valence-corrected chi connectivity index (χ1v) is 9.61. The van der Waals surface area contributed by atoms with Gasteiger partial charge in [-0.3, -0.25) is 0 Å². The second-order valence-corrected chi connectivity index (χ2v) is 13.8. The lowest BCUT2D eigenvalue weighted by atomic mass is 9.90. The summed E-state index contributed by atoms with van der Waals surface area (Å²) in [6.45, 7) is 6.71. The Bertz CT molecular complexity index is 200. The van der Waals surface area contributed by atoms with Gasteiger partial charge in [0.05, 0.1) is 0 Å². The van der Waals surface area contributed by atoms with Crippen molar-refractivity contribution in [2.24, 2.45) is 0 Å². The van der Waals surface area contributed by atoms with Crippen molar-refractivity contribution in [3.8, 4) is 0 Å². The fourth-order valence-corrected chi connectivity index (χ4v) is 6.48. The number of halogens is 2. The summed E-state index contributed by atoms with van der Waals surface area (Å²) in [5, 5.41) is 0.314. The van der Waals surface area contributed by atoms with Crippen molar-refractivity contribution in [3.05, 3.63) is 0 Å². The van der Waals surface area contributed by atoms with Crippen LogP contribution in [0.1, 0.15) is 59.8 Å². The van der Waals surface area contributed by atoms with Gasteiger partial charge < -0.3 is 0 Å². The van der Waals surface area contributed by atoms with E-state index in [0.717, 1.165) is 0 Å². The highest BCUT2D eigenvalue weighted by atomic mass is 35.7. The maximum Gasteiger partial charge on any atom is 0.262 e. The highest BCUT2D eigenvalue weighted by Crippen LogP contribution is 2.62. The summed E-state index contributed by atoms with van der Waals surface area (Å²) in [7, 11) is 0. The quantitative estimate of drug-likeness (QED) is 0.431. The molecule has 0 unspecified atom stereocenters. The fourth-order valence-electron chi connectivity index (χ4n) is 2.55. The van der Waals surface area contributed by atoms with Gasteiger partial charge in [-0.25, -0.2) is 0 Å². The van der Waals surface area contributed by atoms with Gasteiger partial charge in [-0.2, -0.15) is 0 Å². The Labute approximate surface area is 98.8 Å². The van der Waals surface area contributed by atoms with Gasteiger partial charge in [0.1, 0.15) is 0 Å². The first kappa shape index (κ1) is 12.9. The van der Waals surface area contributed by atoms with Crippen molar-refractivity contribution in [1.29, 1.82) is 0 Å². The lowest BCUT2D eigenvalue weighted by Gasteiger charge is -2.47. The molecule has 0 atom stereocenters. The highest BCUT2D eigenvalue weighted by Gasteiger charge is 2.55. The summed E-state index contributed by atoms with van der Waals surface area (Å²) in [5.74, 6) is 0. The average Bonchev–Trinajstić information content (AvgIpc) is 2.03. The third-order valence-electron chi connectivity index (χ3n) is 3.66. The van der Waals surface area contributed by atoms with Crippen molar-refractivity contribution < 1.29 is 0 Å². The van der Waals surface area contributed by atoms with Crippen molar-refractivity contribution in [2.75, 3.05) is 0 Å². The maximum atomic E-state index is 6.74. The molecule has 0 aromatic heterocycles. The predicted octanol–water partition coefficient (Wildman–Crippen LogP) is 5.43. The predicted molar refractivity (Wildman–Crippen MR) is 68.6 cm³/mol. The van der Waals surface area contributed by atoms with Gasteiger partial charge in [-0.05, 0) is 22.9 Å². The van der Waals surface area contributed by atoms with Crippen molar-refractivity contribution in [1.82, 2.24) is 0 Å². The van der Waals surface area contributed by atoms with Crippen LogP contribution in [-0.4, -0.2) is 6.69 Å². The van der Waals surface area contributed by atoms with Crippen LogP contribution in [0.3, 0.4) is 0 Å². The second kappa shape index (κ2) is 3.99. The molecule has 0 saturated heterocycles. The summed E-state index contributed by atoms with van der Waals surface area (Å²) < 4.78 is 0. The molecule has 1 saturated carbocycles. The van der Waals surface area contributed by atoms with Crippen LogP contribution in [0.2, 0.25) is 10.1 Å². The molecule has 0 aromatic rings. The molecule has 0 radical (unpaired) electrons. The standard InChI is InChI=1S/C11H22Cl2Si/c1-10(2,3)14(12,13)11(4)8-6-5-7-9-11/h5-9H2,1-4H3.